The molecule has 0 fully saturated rings. The van der Waals surface area contributed by atoms with Crippen molar-refractivity contribution in [3.63, 3.8) is 0 Å². The summed E-state index contributed by atoms with van der Waals surface area (Å²) in [6.07, 6.45) is 1.64. The average molecular weight is 510 g/mol. The zero-order valence-electron chi connectivity index (χ0n) is 19.6. The van der Waals surface area contributed by atoms with Crippen molar-refractivity contribution in [1.29, 1.82) is 0 Å². The van der Waals surface area contributed by atoms with E-state index in [0.717, 1.165) is 35.2 Å². The van der Waals surface area contributed by atoms with Gasteiger partial charge in [-0.2, -0.15) is 0 Å². The highest BCUT2D eigenvalue weighted by Gasteiger charge is 2.23. The van der Waals surface area contributed by atoms with E-state index >= 15 is 0 Å². The second-order valence-corrected chi connectivity index (χ2v) is 11.4. The van der Waals surface area contributed by atoms with Crippen LogP contribution in [0.2, 0.25) is 0 Å². The number of amides is 1. The zero-order valence-corrected chi connectivity index (χ0v) is 22.0. The van der Waals surface area contributed by atoms with E-state index < -0.39 is 9.84 Å². The van der Waals surface area contributed by atoms with Crippen molar-refractivity contribution in [2.24, 2.45) is 0 Å². The number of fused-ring (bicyclic) bond motifs is 1. The van der Waals surface area contributed by atoms with E-state index in [4.69, 9.17) is 0 Å². The Bertz CT molecular complexity index is 1180. The lowest BCUT2D eigenvalue weighted by molar-refractivity contribution is -0.118. The van der Waals surface area contributed by atoms with E-state index in [1.54, 1.807) is 29.2 Å². The number of rotatable bonds is 10. The molecule has 0 saturated carbocycles. The number of halogens is 1. The Morgan fingerprint density at radius 2 is 1.76 bits per heavy atom. The van der Waals surface area contributed by atoms with Gasteiger partial charge in [0.2, 0.25) is 5.91 Å². The molecule has 0 aliphatic heterocycles. The first-order valence-electron chi connectivity index (χ1n) is 10.8. The molecule has 33 heavy (non-hydrogen) atoms. The fraction of sp³-hybridized carbons (Fsp3) is 0.417. The van der Waals surface area contributed by atoms with Crippen molar-refractivity contribution in [3.8, 4) is 0 Å². The Kier molecular flexibility index (Phi) is 9.84. The van der Waals surface area contributed by atoms with Gasteiger partial charge in [0, 0.05) is 13.0 Å². The van der Waals surface area contributed by atoms with Crippen LogP contribution in [0.1, 0.15) is 30.9 Å². The van der Waals surface area contributed by atoms with Crippen LogP contribution in [0.5, 0.6) is 0 Å². The number of carbonyl (C=O) groups is 1. The van der Waals surface area contributed by atoms with Gasteiger partial charge in [0.15, 0.2) is 15.0 Å². The van der Waals surface area contributed by atoms with Gasteiger partial charge in [-0.05, 0) is 70.2 Å². The molecule has 0 N–H and O–H groups in total. The van der Waals surface area contributed by atoms with E-state index in [2.05, 4.69) is 28.9 Å². The quantitative estimate of drug-likeness (QED) is 0.395. The molecule has 1 heterocycles. The van der Waals surface area contributed by atoms with Gasteiger partial charge in [-0.3, -0.25) is 9.69 Å². The fourth-order valence-electron chi connectivity index (χ4n) is 3.38. The first-order chi connectivity index (χ1) is 15.2. The Morgan fingerprint density at radius 3 is 2.39 bits per heavy atom. The summed E-state index contributed by atoms with van der Waals surface area (Å²) in [6, 6.07) is 12.9. The molecule has 3 aromatic rings. The lowest BCUT2D eigenvalue weighted by Crippen LogP contribution is -2.34. The molecule has 0 unspecified atom stereocenters. The molecule has 0 aliphatic rings. The number of aryl methyl sites for hydroxylation is 2. The summed E-state index contributed by atoms with van der Waals surface area (Å²) in [4.78, 5) is 21.8. The van der Waals surface area contributed by atoms with E-state index in [1.807, 2.05) is 27.1 Å². The first-order valence-corrected chi connectivity index (χ1v) is 13.3. The lowest BCUT2D eigenvalue weighted by Gasteiger charge is -2.21. The summed E-state index contributed by atoms with van der Waals surface area (Å²) in [5, 5.41) is 0.629. The van der Waals surface area contributed by atoms with E-state index in [-0.39, 0.29) is 35.4 Å². The lowest BCUT2D eigenvalue weighted by atomic mass is 10.2. The molecule has 1 amide bonds. The van der Waals surface area contributed by atoms with Gasteiger partial charge < -0.3 is 4.90 Å². The molecule has 1 aromatic heterocycles. The first kappa shape index (κ1) is 27.2. The third-order valence-corrected chi connectivity index (χ3v) is 8.11. The second kappa shape index (κ2) is 11.9. The molecule has 0 bridgehead atoms. The average Bonchev–Trinajstić information content (AvgIpc) is 3.18. The summed E-state index contributed by atoms with van der Waals surface area (Å²) in [6.45, 7) is 5.35. The third kappa shape index (κ3) is 7.24. The monoisotopic (exact) mass is 509 g/mol. The maximum atomic E-state index is 13.2. The molecule has 180 valence electrons. The predicted octanol–water partition coefficient (Wildman–Crippen LogP) is 4.74. The van der Waals surface area contributed by atoms with Crippen molar-refractivity contribution in [2.75, 3.05) is 37.8 Å². The van der Waals surface area contributed by atoms with Crippen molar-refractivity contribution in [2.45, 2.75) is 38.0 Å². The third-order valence-electron chi connectivity index (χ3n) is 5.33. The summed E-state index contributed by atoms with van der Waals surface area (Å²) in [5.74, 6) is -0.432. The number of nitrogens with zero attached hydrogens (tertiary/aromatic N) is 3. The molecule has 0 radical (unpaired) electrons. The van der Waals surface area contributed by atoms with E-state index in [9.17, 15) is 13.2 Å². The smallest absolute Gasteiger partial charge is 0.229 e. The van der Waals surface area contributed by atoms with Crippen LogP contribution in [0.15, 0.2) is 47.4 Å². The van der Waals surface area contributed by atoms with Gasteiger partial charge in [-0.15, -0.1) is 12.4 Å². The van der Waals surface area contributed by atoms with Crippen LogP contribution in [0.3, 0.4) is 0 Å². The Labute approximate surface area is 207 Å². The summed E-state index contributed by atoms with van der Waals surface area (Å²) in [5.41, 5.74) is 3.08. The molecule has 0 atom stereocenters. The number of hydrogen-bond acceptors (Lipinski definition) is 6. The van der Waals surface area contributed by atoms with Crippen LogP contribution in [0.4, 0.5) is 5.13 Å². The van der Waals surface area contributed by atoms with Gasteiger partial charge in [0.25, 0.3) is 0 Å². The number of anilines is 1. The van der Waals surface area contributed by atoms with Crippen LogP contribution in [0.25, 0.3) is 10.2 Å². The van der Waals surface area contributed by atoms with Gasteiger partial charge in [0.05, 0.1) is 20.9 Å². The molecule has 2 aromatic carbocycles. The van der Waals surface area contributed by atoms with Crippen molar-refractivity contribution < 1.29 is 13.2 Å². The highest BCUT2D eigenvalue weighted by Crippen LogP contribution is 2.30. The largest absolute Gasteiger partial charge is 0.309 e. The predicted molar refractivity (Wildman–Crippen MR) is 140 cm³/mol. The zero-order chi connectivity index (χ0) is 23.3. The molecular weight excluding hydrogens is 478 g/mol. The highest BCUT2D eigenvalue weighted by molar-refractivity contribution is 7.91. The van der Waals surface area contributed by atoms with Gasteiger partial charge in [-0.25, -0.2) is 13.4 Å². The molecule has 6 nitrogen and oxygen atoms in total. The minimum atomic E-state index is -3.53. The van der Waals surface area contributed by atoms with Crippen LogP contribution < -0.4 is 4.90 Å². The SMILES string of the molecule is CCc1ccc2nc(N(CCCN(C)C)C(=O)CCS(=O)(=O)c3ccc(C)cc3)sc2c1.Cl. The van der Waals surface area contributed by atoms with Gasteiger partial charge in [0.1, 0.15) is 0 Å². The van der Waals surface area contributed by atoms with Gasteiger partial charge >= 0.3 is 0 Å². The summed E-state index contributed by atoms with van der Waals surface area (Å²) < 4.78 is 26.5. The standard InChI is InChI=1S/C24H31N3O3S2.ClH/c1-5-19-9-12-21-22(17-19)31-24(25-21)27(15-6-14-26(3)4)23(28)13-16-32(29,30)20-10-7-18(2)8-11-20;/h7-12,17H,5-6,13-16H2,1-4H3;1H. The van der Waals surface area contributed by atoms with Crippen molar-refractivity contribution >= 4 is 54.8 Å². The molecule has 0 spiro atoms. The summed E-state index contributed by atoms with van der Waals surface area (Å²) >= 11 is 1.48. The van der Waals surface area contributed by atoms with Gasteiger partial charge in [-0.1, -0.05) is 42.0 Å². The van der Waals surface area contributed by atoms with Crippen LogP contribution >= 0.6 is 23.7 Å². The Balaban J connectivity index is 0.00000385. The number of thiazole rings is 1. The maximum absolute atomic E-state index is 13.2. The Hall–Kier alpha value is -2.00. The number of aromatic nitrogens is 1. The molecule has 3 rings (SSSR count). The number of sulfone groups is 1. The van der Waals surface area contributed by atoms with Crippen LogP contribution in [-0.2, 0) is 21.1 Å². The second-order valence-electron chi connectivity index (χ2n) is 8.24. The minimum Gasteiger partial charge on any atom is -0.309 e. The molecule has 0 saturated heterocycles. The summed E-state index contributed by atoms with van der Waals surface area (Å²) in [7, 11) is 0.453. The number of carbonyl (C=O) groups excluding carboxylic acids is 1. The topological polar surface area (TPSA) is 70.6 Å². The molecule has 0 aliphatic carbocycles. The highest BCUT2D eigenvalue weighted by atomic mass is 35.5. The fourth-order valence-corrected chi connectivity index (χ4v) is 5.69. The van der Waals surface area contributed by atoms with E-state index in [1.165, 1.54) is 16.9 Å². The van der Waals surface area contributed by atoms with E-state index in [0.29, 0.717) is 11.7 Å². The Morgan fingerprint density at radius 1 is 1.06 bits per heavy atom. The number of hydrogen-bond donors (Lipinski definition) is 0. The molecular formula is C24H32ClN3O3S2. The number of benzene rings is 2. The molecule has 9 heteroatoms. The minimum absolute atomic E-state index is 0. The van der Waals surface area contributed by atoms with Crippen LogP contribution in [-0.4, -0.2) is 57.1 Å². The van der Waals surface area contributed by atoms with Crippen LogP contribution in [0, 0.1) is 6.92 Å². The van der Waals surface area contributed by atoms with Crippen molar-refractivity contribution in [3.05, 3.63) is 53.6 Å². The van der Waals surface area contributed by atoms with Crippen molar-refractivity contribution in [1.82, 2.24) is 9.88 Å². The maximum Gasteiger partial charge on any atom is 0.229 e. The normalized spacial score (nSPS) is 11.5.